The first-order valence-corrected chi connectivity index (χ1v) is 13.2. The van der Waals surface area contributed by atoms with Crippen LogP contribution in [-0.4, -0.2) is 53.7 Å². The Bertz CT molecular complexity index is 1560. The number of rotatable bonds is 8. The number of pyridine rings is 2. The number of nitrogens with zero attached hydrogens (tertiary/aromatic N) is 3. The predicted octanol–water partition coefficient (Wildman–Crippen LogP) is 3.44. The summed E-state index contributed by atoms with van der Waals surface area (Å²) in [5, 5.41) is 0. The summed E-state index contributed by atoms with van der Waals surface area (Å²) in [6.07, 6.45) is 2.84. The van der Waals surface area contributed by atoms with Gasteiger partial charge in [-0.15, -0.1) is 0 Å². The highest BCUT2D eigenvalue weighted by Crippen LogP contribution is 2.32. The van der Waals surface area contributed by atoms with Gasteiger partial charge in [0.2, 0.25) is 0 Å². The average molecular weight is 497 g/mol. The first kappa shape index (κ1) is 24.5. The minimum atomic E-state index is -3.50. The van der Waals surface area contributed by atoms with Gasteiger partial charge in [0.15, 0.2) is 11.4 Å². The van der Waals surface area contributed by atoms with Gasteiger partial charge in [-0.05, 0) is 49.6 Å². The van der Waals surface area contributed by atoms with Gasteiger partial charge in [-0.3, -0.25) is 4.57 Å². The highest BCUT2D eigenvalue weighted by atomic mass is 32.2. The summed E-state index contributed by atoms with van der Waals surface area (Å²) in [6, 6.07) is 10.3. The number of benzene rings is 1. The molecule has 0 amide bonds. The van der Waals surface area contributed by atoms with E-state index in [0.717, 1.165) is 28.5 Å². The number of fused-ring (bicyclic) bond motifs is 1. The molecule has 1 N–H and O–H groups in total. The van der Waals surface area contributed by atoms with Crippen LogP contribution in [0.2, 0.25) is 0 Å². The van der Waals surface area contributed by atoms with Crippen molar-refractivity contribution in [2.75, 3.05) is 25.7 Å². The first-order chi connectivity index (χ1) is 16.6. The van der Waals surface area contributed by atoms with Crippen molar-refractivity contribution in [3.8, 4) is 22.8 Å². The predicted molar refractivity (Wildman–Crippen MR) is 135 cm³/mol. The molecule has 0 bridgehead atoms. The zero-order valence-corrected chi connectivity index (χ0v) is 21.1. The Labute approximate surface area is 203 Å². The van der Waals surface area contributed by atoms with Gasteiger partial charge in [-0.25, -0.2) is 23.2 Å². The SMILES string of the molecule is CCOc1nc(C(CS(C)(=O)=O)n2c(=O)[nH]c3c(C)c(-c4ccccc4C)cnc32)ccc1OC. The van der Waals surface area contributed by atoms with Crippen LogP contribution in [0.4, 0.5) is 0 Å². The fourth-order valence-electron chi connectivity index (χ4n) is 4.22. The van der Waals surface area contributed by atoms with E-state index in [9.17, 15) is 13.2 Å². The molecule has 35 heavy (non-hydrogen) atoms. The summed E-state index contributed by atoms with van der Waals surface area (Å²) in [7, 11) is -2.01. The highest BCUT2D eigenvalue weighted by Gasteiger charge is 2.27. The molecular weight excluding hydrogens is 468 g/mol. The lowest BCUT2D eigenvalue weighted by atomic mass is 9.98. The molecule has 1 atom stereocenters. The van der Waals surface area contributed by atoms with Gasteiger partial charge in [0.1, 0.15) is 9.84 Å². The zero-order chi connectivity index (χ0) is 25.3. The molecular formula is C25H28N4O5S. The van der Waals surface area contributed by atoms with Crippen LogP contribution in [0.25, 0.3) is 22.3 Å². The maximum Gasteiger partial charge on any atom is 0.328 e. The molecule has 0 saturated carbocycles. The van der Waals surface area contributed by atoms with Crippen LogP contribution in [0.15, 0.2) is 47.4 Å². The minimum Gasteiger partial charge on any atom is -0.491 e. The van der Waals surface area contributed by atoms with Crippen LogP contribution in [0.3, 0.4) is 0 Å². The van der Waals surface area contributed by atoms with Crippen LogP contribution >= 0.6 is 0 Å². The number of sulfone groups is 1. The number of H-pyrrole nitrogens is 1. The number of ether oxygens (including phenoxy) is 2. The quantitative estimate of drug-likeness (QED) is 0.397. The number of aromatic nitrogens is 4. The summed E-state index contributed by atoms with van der Waals surface area (Å²) < 4.78 is 37.1. The van der Waals surface area contributed by atoms with Crippen molar-refractivity contribution in [3.63, 3.8) is 0 Å². The van der Waals surface area contributed by atoms with E-state index in [-0.39, 0.29) is 11.6 Å². The second kappa shape index (κ2) is 9.53. The van der Waals surface area contributed by atoms with E-state index in [1.54, 1.807) is 18.3 Å². The van der Waals surface area contributed by atoms with Crippen molar-refractivity contribution in [3.05, 3.63) is 69.9 Å². The van der Waals surface area contributed by atoms with Gasteiger partial charge >= 0.3 is 5.69 Å². The van der Waals surface area contributed by atoms with Crippen LogP contribution in [0.5, 0.6) is 11.6 Å². The molecule has 4 aromatic rings. The Hall–Kier alpha value is -3.66. The van der Waals surface area contributed by atoms with E-state index in [2.05, 4.69) is 15.0 Å². The van der Waals surface area contributed by atoms with Crippen LogP contribution in [0.1, 0.15) is 29.8 Å². The Morgan fingerprint density at radius 1 is 1.11 bits per heavy atom. The van der Waals surface area contributed by atoms with Crippen molar-refractivity contribution in [1.29, 1.82) is 0 Å². The second-order valence-corrected chi connectivity index (χ2v) is 10.6. The molecule has 0 aliphatic carbocycles. The molecule has 1 unspecified atom stereocenters. The Morgan fingerprint density at radius 3 is 2.51 bits per heavy atom. The van der Waals surface area contributed by atoms with Crippen LogP contribution in [0, 0.1) is 13.8 Å². The van der Waals surface area contributed by atoms with E-state index in [0.29, 0.717) is 29.2 Å². The van der Waals surface area contributed by atoms with Gasteiger partial charge < -0.3 is 14.5 Å². The lowest BCUT2D eigenvalue weighted by Crippen LogP contribution is -2.29. The molecule has 0 saturated heterocycles. The fourth-order valence-corrected chi connectivity index (χ4v) is 5.12. The van der Waals surface area contributed by atoms with E-state index >= 15 is 0 Å². The van der Waals surface area contributed by atoms with E-state index < -0.39 is 21.6 Å². The van der Waals surface area contributed by atoms with Gasteiger partial charge in [-0.2, -0.15) is 0 Å². The molecule has 184 valence electrons. The van der Waals surface area contributed by atoms with Crippen molar-refractivity contribution < 1.29 is 17.9 Å². The Morgan fingerprint density at radius 2 is 1.86 bits per heavy atom. The van der Waals surface area contributed by atoms with Crippen molar-refractivity contribution in [2.45, 2.75) is 26.8 Å². The smallest absolute Gasteiger partial charge is 0.328 e. The molecule has 0 fully saturated rings. The molecule has 3 aromatic heterocycles. The number of hydrogen-bond acceptors (Lipinski definition) is 7. The summed E-state index contributed by atoms with van der Waals surface area (Å²) in [5.74, 6) is 0.298. The average Bonchev–Trinajstić information content (AvgIpc) is 3.15. The lowest BCUT2D eigenvalue weighted by molar-refractivity contribution is 0.296. The molecule has 0 spiro atoms. The third kappa shape index (κ3) is 4.79. The summed E-state index contributed by atoms with van der Waals surface area (Å²) in [4.78, 5) is 25.2. The molecule has 1 aromatic carbocycles. The number of hydrogen-bond donors (Lipinski definition) is 1. The normalized spacial score (nSPS) is 12.6. The van der Waals surface area contributed by atoms with Crippen LogP contribution < -0.4 is 15.2 Å². The third-order valence-electron chi connectivity index (χ3n) is 5.89. The van der Waals surface area contributed by atoms with Gasteiger partial charge in [-0.1, -0.05) is 24.3 Å². The molecule has 10 heteroatoms. The summed E-state index contributed by atoms with van der Waals surface area (Å²) in [5.41, 5.74) is 4.62. The van der Waals surface area contributed by atoms with E-state index in [1.807, 2.05) is 45.0 Å². The fraction of sp³-hybridized carbons (Fsp3) is 0.320. The maximum absolute atomic E-state index is 13.2. The van der Waals surface area contributed by atoms with Gasteiger partial charge in [0.05, 0.1) is 36.7 Å². The van der Waals surface area contributed by atoms with Gasteiger partial charge in [0, 0.05) is 18.0 Å². The maximum atomic E-state index is 13.2. The third-order valence-corrected chi connectivity index (χ3v) is 6.82. The standard InChI is InChI=1S/C25H28N4O5S/c1-6-34-24-21(33-4)12-11-19(27-24)20(14-35(5,31)32)29-23-22(28-25(29)30)16(3)18(13-26-23)17-10-8-7-9-15(17)2/h7-13,20H,6,14H2,1-5H3,(H,28,30). The molecule has 3 heterocycles. The Balaban J connectivity index is 1.94. The zero-order valence-electron chi connectivity index (χ0n) is 20.3. The van der Waals surface area contributed by atoms with Gasteiger partial charge in [0.25, 0.3) is 5.88 Å². The number of methoxy groups -OCH3 is 1. The monoisotopic (exact) mass is 496 g/mol. The van der Waals surface area contributed by atoms with E-state index in [1.165, 1.54) is 11.7 Å². The number of nitrogens with one attached hydrogen (secondary N) is 1. The minimum absolute atomic E-state index is 0.227. The number of aromatic amines is 1. The lowest BCUT2D eigenvalue weighted by Gasteiger charge is -2.19. The van der Waals surface area contributed by atoms with Crippen molar-refractivity contribution in [1.82, 2.24) is 19.5 Å². The number of imidazole rings is 1. The first-order valence-electron chi connectivity index (χ1n) is 11.2. The largest absolute Gasteiger partial charge is 0.491 e. The molecule has 4 rings (SSSR count). The number of aryl methyl sites for hydroxylation is 2. The second-order valence-electron chi connectivity index (χ2n) is 8.40. The molecule has 0 aliphatic rings. The van der Waals surface area contributed by atoms with E-state index in [4.69, 9.17) is 9.47 Å². The Kier molecular flexibility index (Phi) is 6.66. The topological polar surface area (TPSA) is 116 Å². The van der Waals surface area contributed by atoms with Crippen molar-refractivity contribution in [2.24, 2.45) is 0 Å². The molecule has 9 nitrogen and oxygen atoms in total. The summed E-state index contributed by atoms with van der Waals surface area (Å²) in [6.45, 7) is 6.08. The van der Waals surface area contributed by atoms with Crippen molar-refractivity contribution >= 4 is 21.0 Å². The van der Waals surface area contributed by atoms with Crippen LogP contribution in [-0.2, 0) is 9.84 Å². The summed E-state index contributed by atoms with van der Waals surface area (Å²) >= 11 is 0. The molecule has 0 aliphatic heterocycles. The highest BCUT2D eigenvalue weighted by molar-refractivity contribution is 7.90. The molecule has 0 radical (unpaired) electrons.